The van der Waals surface area contributed by atoms with Crippen LogP contribution in [0.5, 0.6) is 5.75 Å². The van der Waals surface area contributed by atoms with Crippen molar-refractivity contribution >= 4 is 11.7 Å². The molecule has 0 saturated heterocycles. The SMILES string of the molecule is CCOc1ccc(C(=O)OCc2nc(-c3ccccc3C)no2)cc1[N+](=O)[O-]. The predicted molar refractivity (Wildman–Crippen MR) is 97.9 cm³/mol. The van der Waals surface area contributed by atoms with Gasteiger partial charge in [0.15, 0.2) is 12.4 Å². The minimum atomic E-state index is -0.748. The number of nitrogens with zero attached hydrogens (tertiary/aromatic N) is 3. The van der Waals surface area contributed by atoms with Crippen LogP contribution >= 0.6 is 0 Å². The second-order valence-corrected chi connectivity index (χ2v) is 5.78. The van der Waals surface area contributed by atoms with Gasteiger partial charge in [0.05, 0.1) is 17.1 Å². The highest BCUT2D eigenvalue weighted by atomic mass is 16.6. The number of aromatic nitrogens is 2. The Morgan fingerprint density at radius 2 is 2.04 bits per heavy atom. The Bertz CT molecular complexity index is 1010. The highest BCUT2D eigenvalue weighted by molar-refractivity contribution is 5.90. The molecule has 0 atom stereocenters. The lowest BCUT2D eigenvalue weighted by molar-refractivity contribution is -0.385. The lowest BCUT2D eigenvalue weighted by atomic mass is 10.1. The molecule has 1 aromatic heterocycles. The van der Waals surface area contributed by atoms with Gasteiger partial charge in [-0.3, -0.25) is 10.1 Å². The number of carbonyl (C=O) groups is 1. The Morgan fingerprint density at radius 1 is 1.25 bits per heavy atom. The fourth-order valence-corrected chi connectivity index (χ4v) is 2.52. The van der Waals surface area contributed by atoms with Gasteiger partial charge in [-0.2, -0.15) is 4.98 Å². The standard InChI is InChI=1S/C19H17N3O6/c1-3-26-16-9-8-13(10-15(16)22(24)25)19(23)27-11-17-20-18(21-28-17)14-7-5-4-6-12(14)2/h4-10H,3,11H2,1-2H3. The number of carbonyl (C=O) groups excluding carboxylic acids is 1. The van der Waals surface area contributed by atoms with Gasteiger partial charge in [-0.05, 0) is 31.5 Å². The third-order valence-electron chi connectivity index (χ3n) is 3.87. The summed E-state index contributed by atoms with van der Waals surface area (Å²) in [5.74, 6) is -0.154. The minimum Gasteiger partial charge on any atom is -0.487 e. The first-order chi connectivity index (χ1) is 13.5. The molecule has 3 rings (SSSR count). The average Bonchev–Trinajstić information content (AvgIpc) is 3.15. The zero-order chi connectivity index (χ0) is 20.1. The van der Waals surface area contributed by atoms with Gasteiger partial charge in [0.2, 0.25) is 5.82 Å². The molecule has 3 aromatic rings. The van der Waals surface area contributed by atoms with Crippen LogP contribution in [-0.4, -0.2) is 27.6 Å². The maximum absolute atomic E-state index is 12.2. The monoisotopic (exact) mass is 383 g/mol. The molecule has 9 heteroatoms. The number of rotatable bonds is 7. The number of ether oxygens (including phenoxy) is 2. The van der Waals surface area contributed by atoms with Crippen LogP contribution in [0.25, 0.3) is 11.4 Å². The van der Waals surface area contributed by atoms with E-state index in [1.807, 2.05) is 31.2 Å². The number of nitro benzene ring substituents is 1. The molecule has 0 radical (unpaired) electrons. The molecule has 0 aliphatic heterocycles. The van der Waals surface area contributed by atoms with E-state index >= 15 is 0 Å². The van der Waals surface area contributed by atoms with Gasteiger partial charge in [0, 0.05) is 11.6 Å². The van der Waals surface area contributed by atoms with Crippen LogP contribution in [0.1, 0.15) is 28.7 Å². The normalized spacial score (nSPS) is 10.5. The molecule has 2 aromatic carbocycles. The first-order valence-electron chi connectivity index (χ1n) is 8.46. The van der Waals surface area contributed by atoms with E-state index < -0.39 is 10.9 Å². The summed E-state index contributed by atoms with van der Waals surface area (Å²) < 4.78 is 15.4. The summed E-state index contributed by atoms with van der Waals surface area (Å²) in [6.07, 6.45) is 0. The second kappa shape index (κ2) is 8.30. The van der Waals surface area contributed by atoms with Crippen LogP contribution in [0.15, 0.2) is 47.0 Å². The van der Waals surface area contributed by atoms with E-state index in [9.17, 15) is 14.9 Å². The fraction of sp³-hybridized carbons (Fsp3) is 0.211. The summed E-state index contributed by atoms with van der Waals surface area (Å²) in [6.45, 7) is 3.65. The van der Waals surface area contributed by atoms with Crippen LogP contribution in [0, 0.1) is 17.0 Å². The largest absolute Gasteiger partial charge is 0.487 e. The Balaban J connectivity index is 1.70. The van der Waals surface area contributed by atoms with E-state index in [1.165, 1.54) is 12.1 Å². The zero-order valence-electron chi connectivity index (χ0n) is 15.2. The van der Waals surface area contributed by atoms with Crippen molar-refractivity contribution in [2.45, 2.75) is 20.5 Å². The quantitative estimate of drug-likeness (QED) is 0.344. The highest BCUT2D eigenvalue weighted by Gasteiger charge is 2.20. The van der Waals surface area contributed by atoms with E-state index in [2.05, 4.69) is 10.1 Å². The van der Waals surface area contributed by atoms with Gasteiger partial charge in [-0.1, -0.05) is 29.4 Å². The van der Waals surface area contributed by atoms with Gasteiger partial charge in [0.25, 0.3) is 5.89 Å². The van der Waals surface area contributed by atoms with Crippen LogP contribution in [0.2, 0.25) is 0 Å². The lowest BCUT2D eigenvalue weighted by Gasteiger charge is -2.06. The van der Waals surface area contributed by atoms with Gasteiger partial charge in [-0.25, -0.2) is 4.79 Å². The molecule has 0 spiro atoms. The van der Waals surface area contributed by atoms with Gasteiger partial charge in [-0.15, -0.1) is 0 Å². The van der Waals surface area contributed by atoms with Crippen LogP contribution in [-0.2, 0) is 11.3 Å². The maximum Gasteiger partial charge on any atom is 0.338 e. The van der Waals surface area contributed by atoms with E-state index in [0.717, 1.165) is 17.2 Å². The third-order valence-corrected chi connectivity index (χ3v) is 3.87. The highest BCUT2D eigenvalue weighted by Crippen LogP contribution is 2.28. The van der Waals surface area contributed by atoms with E-state index in [0.29, 0.717) is 5.82 Å². The van der Waals surface area contributed by atoms with E-state index in [4.69, 9.17) is 14.0 Å². The number of esters is 1. The Hall–Kier alpha value is -3.75. The molecule has 0 unspecified atom stereocenters. The molecule has 0 aliphatic carbocycles. The first-order valence-corrected chi connectivity index (χ1v) is 8.46. The van der Waals surface area contributed by atoms with Crippen molar-refractivity contribution in [1.82, 2.24) is 10.1 Å². The summed E-state index contributed by atoms with van der Waals surface area (Å²) in [5.41, 5.74) is 1.50. The average molecular weight is 383 g/mol. The molecular weight excluding hydrogens is 366 g/mol. The molecule has 0 N–H and O–H groups in total. The van der Waals surface area contributed by atoms with Crippen LogP contribution in [0.3, 0.4) is 0 Å². The molecule has 0 aliphatic rings. The predicted octanol–water partition coefficient (Wildman–Crippen LogP) is 3.71. The summed E-state index contributed by atoms with van der Waals surface area (Å²) in [5, 5.41) is 15.0. The number of hydrogen-bond donors (Lipinski definition) is 0. The summed E-state index contributed by atoms with van der Waals surface area (Å²) >= 11 is 0. The number of aryl methyl sites for hydroxylation is 1. The van der Waals surface area contributed by atoms with Gasteiger partial charge >= 0.3 is 11.7 Å². The lowest BCUT2D eigenvalue weighted by Crippen LogP contribution is -2.07. The molecule has 0 amide bonds. The Labute approximate surface area is 160 Å². The third kappa shape index (κ3) is 4.14. The van der Waals surface area contributed by atoms with Crippen molar-refractivity contribution in [3.63, 3.8) is 0 Å². The zero-order valence-corrected chi connectivity index (χ0v) is 15.2. The molecular formula is C19H17N3O6. The van der Waals surface area contributed by atoms with E-state index in [-0.39, 0.29) is 36.1 Å². The Morgan fingerprint density at radius 3 is 2.75 bits per heavy atom. The molecule has 0 saturated carbocycles. The fourth-order valence-electron chi connectivity index (χ4n) is 2.52. The smallest absolute Gasteiger partial charge is 0.338 e. The van der Waals surface area contributed by atoms with E-state index in [1.54, 1.807) is 6.92 Å². The van der Waals surface area contributed by atoms with Crippen molar-refractivity contribution in [1.29, 1.82) is 0 Å². The minimum absolute atomic E-state index is 0.0220. The molecule has 144 valence electrons. The van der Waals surface area contributed by atoms with Crippen LogP contribution < -0.4 is 4.74 Å². The van der Waals surface area contributed by atoms with Gasteiger partial charge in [0.1, 0.15) is 0 Å². The molecule has 0 bridgehead atoms. The summed E-state index contributed by atoms with van der Waals surface area (Å²) in [6, 6.07) is 11.4. The Kier molecular flexibility index (Phi) is 5.64. The van der Waals surface area contributed by atoms with Crippen molar-refractivity contribution in [2.24, 2.45) is 0 Å². The summed E-state index contributed by atoms with van der Waals surface area (Å²) in [7, 11) is 0. The van der Waals surface area contributed by atoms with Crippen molar-refractivity contribution < 1.29 is 23.7 Å². The molecule has 0 fully saturated rings. The number of benzene rings is 2. The second-order valence-electron chi connectivity index (χ2n) is 5.78. The molecule has 28 heavy (non-hydrogen) atoms. The van der Waals surface area contributed by atoms with Crippen molar-refractivity contribution in [3.05, 3.63) is 69.6 Å². The molecule has 9 nitrogen and oxygen atoms in total. The van der Waals surface area contributed by atoms with Crippen molar-refractivity contribution in [3.8, 4) is 17.1 Å². The summed E-state index contributed by atoms with van der Waals surface area (Å²) in [4.78, 5) is 27.0. The topological polar surface area (TPSA) is 118 Å². The molecule has 1 heterocycles. The first kappa shape index (κ1) is 19.0. The van der Waals surface area contributed by atoms with Gasteiger partial charge < -0.3 is 14.0 Å². The number of nitro groups is 1. The maximum atomic E-state index is 12.2. The van der Waals surface area contributed by atoms with Crippen molar-refractivity contribution in [2.75, 3.05) is 6.61 Å². The number of hydrogen-bond acceptors (Lipinski definition) is 8. The van der Waals surface area contributed by atoms with Crippen LogP contribution in [0.4, 0.5) is 5.69 Å².